The van der Waals surface area contributed by atoms with E-state index >= 15 is 0 Å². The summed E-state index contributed by atoms with van der Waals surface area (Å²) in [5.41, 5.74) is 11.8. The highest BCUT2D eigenvalue weighted by atomic mass is 35.5. The summed E-state index contributed by atoms with van der Waals surface area (Å²) in [7, 11) is 0. The predicted molar refractivity (Wildman–Crippen MR) is 54.9 cm³/mol. The number of hydrogen-bond acceptors (Lipinski definition) is 3. The van der Waals surface area contributed by atoms with Crippen LogP contribution in [0.1, 0.15) is 18.2 Å². The van der Waals surface area contributed by atoms with Gasteiger partial charge in [-0.2, -0.15) is 0 Å². The van der Waals surface area contributed by atoms with Gasteiger partial charge >= 0.3 is 0 Å². The van der Waals surface area contributed by atoms with Crippen molar-refractivity contribution in [1.82, 2.24) is 4.98 Å². The van der Waals surface area contributed by atoms with E-state index in [1.54, 1.807) is 6.07 Å². The molecule has 0 aliphatic heterocycles. The minimum atomic E-state index is -0.213. The van der Waals surface area contributed by atoms with Gasteiger partial charge in [0, 0.05) is 12.2 Å². The Morgan fingerprint density at radius 2 is 2.15 bits per heavy atom. The van der Waals surface area contributed by atoms with Crippen LogP contribution in [0, 0.1) is 0 Å². The van der Waals surface area contributed by atoms with Crippen molar-refractivity contribution in [3.8, 4) is 0 Å². The molecule has 13 heavy (non-hydrogen) atoms. The Bertz CT molecular complexity index is 291. The summed E-state index contributed by atoms with van der Waals surface area (Å²) < 4.78 is 0. The summed E-state index contributed by atoms with van der Waals surface area (Å²) in [6.45, 7) is 0.516. The van der Waals surface area contributed by atoms with E-state index in [4.69, 9.17) is 34.7 Å². The van der Waals surface area contributed by atoms with Crippen molar-refractivity contribution in [2.45, 2.75) is 12.5 Å². The Morgan fingerprint density at radius 1 is 1.46 bits per heavy atom. The first-order valence-corrected chi connectivity index (χ1v) is 4.67. The van der Waals surface area contributed by atoms with Crippen LogP contribution in [-0.2, 0) is 0 Å². The Labute approximate surface area is 87.0 Å². The molecule has 72 valence electrons. The molecule has 0 saturated carbocycles. The van der Waals surface area contributed by atoms with E-state index < -0.39 is 0 Å². The van der Waals surface area contributed by atoms with E-state index in [9.17, 15) is 0 Å². The minimum Gasteiger partial charge on any atom is -0.330 e. The molecule has 1 aromatic heterocycles. The number of halogens is 2. The van der Waals surface area contributed by atoms with Crippen LogP contribution >= 0.6 is 23.2 Å². The third-order valence-electron chi connectivity index (χ3n) is 1.67. The van der Waals surface area contributed by atoms with Gasteiger partial charge in [0.1, 0.15) is 0 Å². The molecule has 4 N–H and O–H groups in total. The molecular weight excluding hydrogens is 209 g/mol. The Kier molecular flexibility index (Phi) is 3.93. The standard InChI is InChI=1S/C8H11Cl2N3/c9-5-3-6(10)8(13-4-5)7(12)1-2-11/h3-4,7H,1-2,11-12H2. The van der Waals surface area contributed by atoms with Crippen LogP contribution < -0.4 is 11.5 Å². The molecule has 3 nitrogen and oxygen atoms in total. The zero-order valence-electron chi connectivity index (χ0n) is 7.00. The fourth-order valence-electron chi connectivity index (χ4n) is 1.01. The van der Waals surface area contributed by atoms with Crippen LogP contribution in [0.15, 0.2) is 12.3 Å². The molecule has 0 spiro atoms. The van der Waals surface area contributed by atoms with Crippen molar-refractivity contribution >= 4 is 23.2 Å². The van der Waals surface area contributed by atoms with Gasteiger partial charge in [0.2, 0.25) is 0 Å². The molecule has 0 bridgehead atoms. The van der Waals surface area contributed by atoms with Crippen molar-refractivity contribution in [3.05, 3.63) is 28.0 Å². The molecule has 1 heterocycles. The molecule has 0 aromatic carbocycles. The lowest BCUT2D eigenvalue weighted by Crippen LogP contribution is -2.16. The monoisotopic (exact) mass is 219 g/mol. The number of aromatic nitrogens is 1. The molecule has 1 rings (SSSR count). The molecule has 1 atom stereocenters. The Balaban J connectivity index is 2.88. The van der Waals surface area contributed by atoms with E-state index in [1.165, 1.54) is 6.20 Å². The summed E-state index contributed by atoms with van der Waals surface area (Å²) in [4.78, 5) is 4.05. The summed E-state index contributed by atoms with van der Waals surface area (Å²) >= 11 is 11.6. The first kappa shape index (κ1) is 10.7. The lowest BCUT2D eigenvalue weighted by Gasteiger charge is -2.10. The highest BCUT2D eigenvalue weighted by Gasteiger charge is 2.10. The van der Waals surface area contributed by atoms with Crippen LogP contribution in [-0.4, -0.2) is 11.5 Å². The van der Waals surface area contributed by atoms with Gasteiger partial charge in [-0.05, 0) is 19.0 Å². The fraction of sp³-hybridized carbons (Fsp3) is 0.375. The molecule has 5 heteroatoms. The second-order valence-corrected chi connectivity index (χ2v) is 3.55. The van der Waals surface area contributed by atoms with Crippen LogP contribution in [0.3, 0.4) is 0 Å². The van der Waals surface area contributed by atoms with E-state index in [-0.39, 0.29) is 6.04 Å². The van der Waals surface area contributed by atoms with Gasteiger partial charge in [-0.15, -0.1) is 0 Å². The maximum atomic E-state index is 5.89. The molecule has 0 aliphatic rings. The van der Waals surface area contributed by atoms with Crippen molar-refractivity contribution in [1.29, 1.82) is 0 Å². The van der Waals surface area contributed by atoms with Crippen molar-refractivity contribution < 1.29 is 0 Å². The summed E-state index contributed by atoms with van der Waals surface area (Å²) in [5, 5.41) is 1.00. The number of pyridine rings is 1. The number of nitrogens with zero attached hydrogens (tertiary/aromatic N) is 1. The first-order valence-electron chi connectivity index (χ1n) is 3.91. The van der Waals surface area contributed by atoms with Gasteiger partial charge in [-0.25, -0.2) is 0 Å². The van der Waals surface area contributed by atoms with E-state index in [0.29, 0.717) is 28.7 Å². The SMILES string of the molecule is NCCC(N)c1ncc(Cl)cc1Cl. The van der Waals surface area contributed by atoms with Gasteiger partial charge in [0.15, 0.2) is 0 Å². The van der Waals surface area contributed by atoms with Gasteiger partial charge in [-0.1, -0.05) is 23.2 Å². The second-order valence-electron chi connectivity index (χ2n) is 2.70. The number of hydrogen-bond donors (Lipinski definition) is 2. The Hall–Kier alpha value is -0.350. The largest absolute Gasteiger partial charge is 0.330 e. The quantitative estimate of drug-likeness (QED) is 0.815. The van der Waals surface area contributed by atoms with Crippen LogP contribution in [0.2, 0.25) is 10.0 Å². The maximum absolute atomic E-state index is 5.89. The lowest BCUT2D eigenvalue weighted by molar-refractivity contribution is 0.643. The number of rotatable bonds is 3. The van der Waals surface area contributed by atoms with Crippen LogP contribution in [0.4, 0.5) is 0 Å². The molecule has 1 unspecified atom stereocenters. The smallest absolute Gasteiger partial charge is 0.0758 e. The summed E-state index contributed by atoms with van der Waals surface area (Å²) in [5.74, 6) is 0. The second kappa shape index (κ2) is 4.77. The Morgan fingerprint density at radius 3 is 2.69 bits per heavy atom. The summed E-state index contributed by atoms with van der Waals surface area (Å²) in [6, 6.07) is 1.41. The minimum absolute atomic E-state index is 0.213. The normalized spacial score (nSPS) is 12.9. The zero-order valence-corrected chi connectivity index (χ0v) is 8.52. The molecule has 0 amide bonds. The topological polar surface area (TPSA) is 64.9 Å². The van der Waals surface area contributed by atoms with Gasteiger partial charge < -0.3 is 11.5 Å². The average Bonchev–Trinajstić information content (AvgIpc) is 2.04. The van der Waals surface area contributed by atoms with E-state index in [2.05, 4.69) is 4.98 Å². The lowest BCUT2D eigenvalue weighted by atomic mass is 10.1. The first-order chi connectivity index (χ1) is 6.15. The molecule has 0 saturated heterocycles. The highest BCUT2D eigenvalue weighted by Crippen LogP contribution is 2.23. The van der Waals surface area contributed by atoms with Gasteiger partial charge in [0.05, 0.1) is 15.7 Å². The van der Waals surface area contributed by atoms with Crippen molar-refractivity contribution in [2.24, 2.45) is 11.5 Å². The predicted octanol–water partition coefficient (Wildman–Crippen LogP) is 1.74. The fourth-order valence-corrected chi connectivity index (χ4v) is 1.53. The van der Waals surface area contributed by atoms with Crippen LogP contribution in [0.5, 0.6) is 0 Å². The average molecular weight is 220 g/mol. The maximum Gasteiger partial charge on any atom is 0.0758 e. The molecule has 0 fully saturated rings. The number of nitrogens with two attached hydrogens (primary N) is 2. The third kappa shape index (κ3) is 2.81. The highest BCUT2D eigenvalue weighted by molar-refractivity contribution is 6.34. The zero-order chi connectivity index (χ0) is 9.84. The third-order valence-corrected chi connectivity index (χ3v) is 2.17. The summed E-state index contributed by atoms with van der Waals surface area (Å²) in [6.07, 6.45) is 2.19. The molecule has 1 aromatic rings. The van der Waals surface area contributed by atoms with Gasteiger partial charge in [-0.3, -0.25) is 4.98 Å². The van der Waals surface area contributed by atoms with E-state index in [0.717, 1.165) is 0 Å². The van der Waals surface area contributed by atoms with Crippen molar-refractivity contribution in [3.63, 3.8) is 0 Å². The molecule has 0 radical (unpaired) electrons. The van der Waals surface area contributed by atoms with Crippen LogP contribution in [0.25, 0.3) is 0 Å². The molecule has 0 aliphatic carbocycles. The molecular formula is C8H11Cl2N3. The van der Waals surface area contributed by atoms with E-state index in [1.807, 2.05) is 0 Å². The van der Waals surface area contributed by atoms with Gasteiger partial charge in [0.25, 0.3) is 0 Å². The van der Waals surface area contributed by atoms with Crippen molar-refractivity contribution in [2.75, 3.05) is 6.54 Å².